The minimum Gasteiger partial charge on any atom is -0.382 e. The summed E-state index contributed by atoms with van der Waals surface area (Å²) in [7, 11) is 1.63. The van der Waals surface area contributed by atoms with Gasteiger partial charge in [-0.1, -0.05) is 27.7 Å². The lowest BCUT2D eigenvalue weighted by Gasteiger charge is -2.05. The molecule has 0 spiro atoms. The molecule has 0 unspecified atom stereocenters. The van der Waals surface area contributed by atoms with Crippen molar-refractivity contribution in [1.29, 1.82) is 0 Å². The molecule has 5 heteroatoms. The van der Waals surface area contributed by atoms with Crippen molar-refractivity contribution in [1.82, 2.24) is 5.32 Å². The van der Waals surface area contributed by atoms with Gasteiger partial charge in [-0.3, -0.25) is 4.79 Å². The van der Waals surface area contributed by atoms with Gasteiger partial charge in [0, 0.05) is 20.6 Å². The summed E-state index contributed by atoms with van der Waals surface area (Å²) in [6, 6.07) is 0. The zero-order chi connectivity index (χ0) is 14.6. The van der Waals surface area contributed by atoms with Gasteiger partial charge in [0.2, 0.25) is 5.91 Å². The summed E-state index contributed by atoms with van der Waals surface area (Å²) in [5.41, 5.74) is 0. The zero-order valence-electron chi connectivity index (χ0n) is 12.9. The fraction of sp³-hybridized carbons (Fsp3) is 0.923. The molecule has 0 heterocycles. The summed E-state index contributed by atoms with van der Waals surface area (Å²) in [5.74, 6) is -0.0371. The second-order valence-electron chi connectivity index (χ2n) is 2.70. The van der Waals surface area contributed by atoms with Crippen LogP contribution in [0.25, 0.3) is 0 Å². The van der Waals surface area contributed by atoms with E-state index in [4.69, 9.17) is 14.2 Å². The Hall–Kier alpha value is -0.650. The molecule has 1 amide bonds. The Bertz CT molecular complexity index is 143. The molecule has 1 N–H and O–H groups in total. The van der Waals surface area contributed by atoms with Gasteiger partial charge in [-0.25, -0.2) is 0 Å². The predicted molar refractivity (Wildman–Crippen MR) is 74.9 cm³/mol. The van der Waals surface area contributed by atoms with Gasteiger partial charge in [-0.2, -0.15) is 0 Å². The van der Waals surface area contributed by atoms with Crippen molar-refractivity contribution in [3.05, 3.63) is 0 Å². The van der Waals surface area contributed by atoms with E-state index in [0.29, 0.717) is 39.6 Å². The Morgan fingerprint density at radius 1 is 0.889 bits per heavy atom. The average Bonchev–Trinajstić information content (AvgIpc) is 2.41. The standard InChI is InChI=1S/C9H19NO4.2C2H6/c1-9(11)10-3-4-13-7-8-14-6-5-12-2;2*1-2/h3-8H2,1-2H3,(H,10,11);2*1-2H3. The van der Waals surface area contributed by atoms with Crippen molar-refractivity contribution < 1.29 is 19.0 Å². The van der Waals surface area contributed by atoms with Crippen LogP contribution in [0.5, 0.6) is 0 Å². The second-order valence-corrected chi connectivity index (χ2v) is 2.70. The Morgan fingerprint density at radius 3 is 1.78 bits per heavy atom. The van der Waals surface area contributed by atoms with Crippen molar-refractivity contribution in [2.45, 2.75) is 34.6 Å². The number of nitrogens with one attached hydrogen (secondary N) is 1. The molecular formula is C13H31NO4. The van der Waals surface area contributed by atoms with Crippen molar-refractivity contribution >= 4 is 5.91 Å². The number of carbonyl (C=O) groups is 1. The molecule has 0 aromatic carbocycles. The number of ether oxygens (including phenoxy) is 3. The molecular weight excluding hydrogens is 234 g/mol. The maximum absolute atomic E-state index is 10.4. The van der Waals surface area contributed by atoms with Crippen LogP contribution in [0.1, 0.15) is 34.6 Å². The molecule has 0 saturated heterocycles. The Morgan fingerprint density at radius 2 is 1.33 bits per heavy atom. The molecule has 0 aliphatic rings. The molecule has 0 aromatic rings. The van der Waals surface area contributed by atoms with Crippen LogP contribution in [0.15, 0.2) is 0 Å². The van der Waals surface area contributed by atoms with E-state index < -0.39 is 0 Å². The number of rotatable bonds is 9. The van der Waals surface area contributed by atoms with E-state index in [2.05, 4.69) is 5.32 Å². The SMILES string of the molecule is CC.CC.COCCOCCOCCNC(C)=O. The third-order valence-electron chi connectivity index (χ3n) is 1.42. The molecule has 18 heavy (non-hydrogen) atoms. The van der Waals surface area contributed by atoms with Crippen molar-refractivity contribution in [2.24, 2.45) is 0 Å². The quantitative estimate of drug-likeness (QED) is 0.646. The molecule has 0 aromatic heterocycles. The van der Waals surface area contributed by atoms with Crippen LogP contribution in [0.3, 0.4) is 0 Å². The van der Waals surface area contributed by atoms with E-state index in [1.165, 1.54) is 6.92 Å². The maximum Gasteiger partial charge on any atom is 0.216 e. The first kappa shape index (κ1) is 22.5. The first-order valence-corrected chi connectivity index (χ1v) is 6.66. The monoisotopic (exact) mass is 265 g/mol. The van der Waals surface area contributed by atoms with E-state index >= 15 is 0 Å². The lowest BCUT2D eigenvalue weighted by atomic mass is 10.6. The predicted octanol–water partition coefficient (Wildman–Crippen LogP) is 1.85. The van der Waals surface area contributed by atoms with Crippen molar-refractivity contribution in [3.63, 3.8) is 0 Å². The van der Waals surface area contributed by atoms with Crippen LogP contribution in [0, 0.1) is 0 Å². The molecule has 0 rings (SSSR count). The molecule has 0 saturated carbocycles. The minimum atomic E-state index is -0.0371. The highest BCUT2D eigenvalue weighted by Crippen LogP contribution is 1.79. The topological polar surface area (TPSA) is 56.8 Å². The lowest BCUT2D eigenvalue weighted by molar-refractivity contribution is -0.119. The summed E-state index contributed by atoms with van der Waals surface area (Å²) in [6.07, 6.45) is 0. The summed E-state index contributed by atoms with van der Waals surface area (Å²) in [6.45, 7) is 12.8. The smallest absolute Gasteiger partial charge is 0.216 e. The van der Waals surface area contributed by atoms with E-state index in [0.717, 1.165) is 0 Å². The second kappa shape index (κ2) is 25.3. The highest BCUT2D eigenvalue weighted by molar-refractivity contribution is 5.72. The lowest BCUT2D eigenvalue weighted by Crippen LogP contribution is -2.25. The van der Waals surface area contributed by atoms with E-state index in [1.807, 2.05) is 27.7 Å². The van der Waals surface area contributed by atoms with Crippen molar-refractivity contribution in [2.75, 3.05) is 46.7 Å². The molecule has 0 atom stereocenters. The van der Waals surface area contributed by atoms with Gasteiger partial charge in [-0.05, 0) is 0 Å². The molecule has 0 radical (unpaired) electrons. The van der Waals surface area contributed by atoms with Crippen LogP contribution in [-0.4, -0.2) is 52.6 Å². The summed E-state index contributed by atoms with van der Waals surface area (Å²) in [4.78, 5) is 10.4. The number of amides is 1. The highest BCUT2D eigenvalue weighted by Gasteiger charge is 1.91. The Labute approximate surface area is 112 Å². The normalized spacial score (nSPS) is 8.56. The van der Waals surface area contributed by atoms with E-state index in [1.54, 1.807) is 7.11 Å². The highest BCUT2D eigenvalue weighted by atomic mass is 16.5. The molecule has 5 nitrogen and oxygen atoms in total. The largest absolute Gasteiger partial charge is 0.382 e. The van der Waals surface area contributed by atoms with Gasteiger partial charge < -0.3 is 19.5 Å². The van der Waals surface area contributed by atoms with Crippen LogP contribution < -0.4 is 5.32 Å². The van der Waals surface area contributed by atoms with Crippen LogP contribution >= 0.6 is 0 Å². The fourth-order valence-electron chi connectivity index (χ4n) is 0.763. The zero-order valence-corrected chi connectivity index (χ0v) is 12.9. The van der Waals surface area contributed by atoms with Gasteiger partial charge in [0.05, 0.1) is 33.0 Å². The number of hydrogen-bond acceptors (Lipinski definition) is 4. The van der Waals surface area contributed by atoms with Gasteiger partial charge in [0.25, 0.3) is 0 Å². The first-order chi connectivity index (χ1) is 8.77. The summed E-state index contributed by atoms with van der Waals surface area (Å²) >= 11 is 0. The minimum absolute atomic E-state index is 0.0371. The van der Waals surface area contributed by atoms with Crippen LogP contribution in [-0.2, 0) is 19.0 Å². The fourth-order valence-corrected chi connectivity index (χ4v) is 0.763. The average molecular weight is 265 g/mol. The Balaban J connectivity index is -0.000000506. The molecule has 0 bridgehead atoms. The number of hydrogen-bond donors (Lipinski definition) is 1. The van der Waals surface area contributed by atoms with Gasteiger partial charge in [-0.15, -0.1) is 0 Å². The third-order valence-corrected chi connectivity index (χ3v) is 1.42. The molecule has 0 fully saturated rings. The van der Waals surface area contributed by atoms with E-state index in [9.17, 15) is 4.79 Å². The van der Waals surface area contributed by atoms with E-state index in [-0.39, 0.29) is 5.91 Å². The number of methoxy groups -OCH3 is 1. The summed E-state index contributed by atoms with van der Waals surface area (Å²) in [5, 5.41) is 2.63. The van der Waals surface area contributed by atoms with Gasteiger partial charge >= 0.3 is 0 Å². The number of carbonyl (C=O) groups excluding carboxylic acids is 1. The van der Waals surface area contributed by atoms with Crippen LogP contribution in [0.4, 0.5) is 0 Å². The maximum atomic E-state index is 10.4. The van der Waals surface area contributed by atoms with Gasteiger partial charge in [0.15, 0.2) is 0 Å². The molecule has 0 aliphatic heterocycles. The summed E-state index contributed by atoms with van der Waals surface area (Å²) < 4.78 is 15.1. The first-order valence-electron chi connectivity index (χ1n) is 6.66. The molecule has 0 aliphatic carbocycles. The van der Waals surface area contributed by atoms with Crippen molar-refractivity contribution in [3.8, 4) is 0 Å². The molecule has 112 valence electrons. The third kappa shape index (κ3) is 29.5. The Kier molecular flexibility index (Phi) is 31.6. The van der Waals surface area contributed by atoms with Crippen LogP contribution in [0.2, 0.25) is 0 Å². The van der Waals surface area contributed by atoms with Gasteiger partial charge in [0.1, 0.15) is 0 Å².